The maximum Gasteiger partial charge on any atom is 0.247 e. The van der Waals surface area contributed by atoms with Gasteiger partial charge >= 0.3 is 0 Å². The molecule has 0 spiro atoms. The number of piperazine rings is 1. The van der Waals surface area contributed by atoms with Crippen LogP contribution in [0.25, 0.3) is 0 Å². The van der Waals surface area contributed by atoms with E-state index in [2.05, 4.69) is 9.88 Å². The molecule has 1 saturated heterocycles. The van der Waals surface area contributed by atoms with Gasteiger partial charge in [-0.15, -0.1) is 0 Å². The van der Waals surface area contributed by atoms with Crippen LogP contribution >= 0.6 is 0 Å². The van der Waals surface area contributed by atoms with Crippen molar-refractivity contribution in [2.24, 2.45) is 0 Å². The van der Waals surface area contributed by atoms with Crippen LogP contribution in [0, 0.1) is 0 Å². The Hall–Kier alpha value is -1.18. The zero-order valence-corrected chi connectivity index (χ0v) is 12.8. The van der Waals surface area contributed by atoms with Gasteiger partial charge in [-0.25, -0.2) is 8.42 Å². The lowest BCUT2D eigenvalue weighted by Gasteiger charge is -2.37. The van der Waals surface area contributed by atoms with Gasteiger partial charge < -0.3 is 4.98 Å². The Morgan fingerprint density at radius 1 is 1.05 bits per heavy atom. The van der Waals surface area contributed by atoms with Crippen LogP contribution in [0.3, 0.4) is 0 Å². The third-order valence-electron chi connectivity index (χ3n) is 4.51. The first kappa shape index (κ1) is 14.7. The monoisotopic (exact) mass is 311 g/mol. The zero-order valence-electron chi connectivity index (χ0n) is 12.0. The standard InChI is InChI=1S/C14H21N3O3S/c18-14-6-5-13(11-15-14)21(19,20)17-9-7-16(8-10-17)12-3-1-2-4-12/h5-6,11-12H,1-4,7-10H2,(H,15,18). The minimum absolute atomic E-state index is 0.163. The van der Waals surface area contributed by atoms with E-state index >= 15 is 0 Å². The summed E-state index contributed by atoms with van der Waals surface area (Å²) < 4.78 is 26.5. The summed E-state index contributed by atoms with van der Waals surface area (Å²) in [5, 5.41) is 0. The Bertz CT molecular complexity index is 621. The van der Waals surface area contributed by atoms with Crippen molar-refractivity contribution in [3.05, 3.63) is 28.7 Å². The second-order valence-electron chi connectivity index (χ2n) is 5.77. The number of hydrogen-bond acceptors (Lipinski definition) is 4. The SMILES string of the molecule is O=c1ccc(S(=O)(=O)N2CCN(C3CCCC3)CC2)c[nH]1. The van der Waals surface area contributed by atoms with E-state index in [1.54, 1.807) is 0 Å². The Morgan fingerprint density at radius 2 is 1.71 bits per heavy atom. The van der Waals surface area contributed by atoms with Gasteiger partial charge in [0.25, 0.3) is 0 Å². The topological polar surface area (TPSA) is 73.5 Å². The largest absolute Gasteiger partial charge is 0.328 e. The van der Waals surface area contributed by atoms with Crippen molar-refractivity contribution in [3.8, 4) is 0 Å². The van der Waals surface area contributed by atoms with Gasteiger partial charge in [0.1, 0.15) is 0 Å². The fourth-order valence-electron chi connectivity index (χ4n) is 3.28. The van der Waals surface area contributed by atoms with Crippen molar-refractivity contribution < 1.29 is 8.42 Å². The highest BCUT2D eigenvalue weighted by Gasteiger charge is 2.31. The number of rotatable bonds is 3. The lowest BCUT2D eigenvalue weighted by Crippen LogP contribution is -2.51. The van der Waals surface area contributed by atoms with Gasteiger partial charge in [0.15, 0.2) is 0 Å². The number of H-pyrrole nitrogens is 1. The average Bonchev–Trinajstić information content (AvgIpc) is 3.02. The summed E-state index contributed by atoms with van der Waals surface area (Å²) in [5.41, 5.74) is -0.292. The number of nitrogens with one attached hydrogen (secondary N) is 1. The first-order chi connectivity index (χ1) is 10.1. The number of pyridine rings is 1. The third kappa shape index (κ3) is 3.04. The lowest BCUT2D eigenvalue weighted by atomic mass is 10.2. The van der Waals surface area contributed by atoms with E-state index in [1.165, 1.54) is 48.3 Å². The predicted octanol–water partition coefficient (Wildman–Crippen LogP) is 0.624. The molecule has 0 atom stereocenters. The summed E-state index contributed by atoms with van der Waals surface area (Å²) in [4.78, 5) is 16.1. The lowest BCUT2D eigenvalue weighted by molar-refractivity contribution is 0.139. The number of aromatic amines is 1. The summed E-state index contributed by atoms with van der Waals surface area (Å²) in [6.45, 7) is 2.65. The Morgan fingerprint density at radius 3 is 2.29 bits per heavy atom. The Kier molecular flexibility index (Phi) is 4.14. The molecule has 1 N–H and O–H groups in total. The van der Waals surface area contributed by atoms with Gasteiger partial charge in [-0.2, -0.15) is 4.31 Å². The molecule has 0 unspecified atom stereocenters. The second-order valence-corrected chi connectivity index (χ2v) is 7.70. The number of nitrogens with zero attached hydrogens (tertiary/aromatic N) is 2. The maximum atomic E-state index is 12.5. The van der Waals surface area contributed by atoms with E-state index in [1.807, 2.05) is 0 Å². The predicted molar refractivity (Wildman–Crippen MR) is 79.7 cm³/mol. The van der Waals surface area contributed by atoms with Crippen molar-refractivity contribution in [3.63, 3.8) is 0 Å². The average molecular weight is 311 g/mol. The van der Waals surface area contributed by atoms with Crippen LogP contribution in [0.1, 0.15) is 25.7 Å². The molecule has 6 nitrogen and oxygen atoms in total. The first-order valence-electron chi connectivity index (χ1n) is 7.50. The molecular weight excluding hydrogens is 290 g/mol. The molecule has 3 rings (SSSR count). The van der Waals surface area contributed by atoms with Crippen LogP contribution in [0.4, 0.5) is 0 Å². The van der Waals surface area contributed by atoms with Gasteiger partial charge in [-0.1, -0.05) is 12.8 Å². The molecule has 116 valence electrons. The van der Waals surface area contributed by atoms with Gasteiger partial charge in [-0.3, -0.25) is 9.69 Å². The molecule has 1 aliphatic carbocycles. The van der Waals surface area contributed by atoms with Gasteiger partial charge in [0.05, 0.1) is 4.90 Å². The van der Waals surface area contributed by atoms with E-state index in [-0.39, 0.29) is 10.5 Å². The molecule has 2 fully saturated rings. The van der Waals surface area contributed by atoms with Crippen molar-refractivity contribution >= 4 is 10.0 Å². The highest BCUT2D eigenvalue weighted by atomic mass is 32.2. The van der Waals surface area contributed by atoms with Gasteiger partial charge in [0, 0.05) is 44.5 Å². The molecule has 0 radical (unpaired) electrons. The molecule has 0 aromatic carbocycles. The summed E-state index contributed by atoms with van der Waals surface area (Å²) in [5.74, 6) is 0. The summed E-state index contributed by atoms with van der Waals surface area (Å²) >= 11 is 0. The van der Waals surface area contributed by atoms with E-state index in [0.717, 1.165) is 13.1 Å². The molecular formula is C14H21N3O3S. The Balaban J connectivity index is 1.68. The molecule has 1 aliphatic heterocycles. The fourth-order valence-corrected chi connectivity index (χ4v) is 4.67. The molecule has 0 amide bonds. The highest BCUT2D eigenvalue weighted by Crippen LogP contribution is 2.25. The minimum atomic E-state index is -3.49. The number of hydrogen-bond donors (Lipinski definition) is 1. The van der Waals surface area contributed by atoms with Crippen molar-refractivity contribution in [1.82, 2.24) is 14.2 Å². The normalized spacial score (nSPS) is 22.7. The quantitative estimate of drug-likeness (QED) is 0.888. The van der Waals surface area contributed by atoms with Crippen molar-refractivity contribution in [2.45, 2.75) is 36.6 Å². The molecule has 1 aromatic heterocycles. The maximum absolute atomic E-state index is 12.5. The zero-order chi connectivity index (χ0) is 14.9. The summed E-state index contributed by atoms with van der Waals surface area (Å²) in [6, 6.07) is 3.27. The van der Waals surface area contributed by atoms with Crippen LogP contribution in [-0.2, 0) is 10.0 Å². The van der Waals surface area contributed by atoms with Crippen LogP contribution < -0.4 is 5.56 Å². The molecule has 2 aliphatic rings. The van der Waals surface area contributed by atoms with Crippen molar-refractivity contribution in [1.29, 1.82) is 0 Å². The van der Waals surface area contributed by atoms with E-state index in [0.29, 0.717) is 19.1 Å². The highest BCUT2D eigenvalue weighted by molar-refractivity contribution is 7.89. The summed E-state index contributed by atoms with van der Waals surface area (Å²) in [7, 11) is -3.49. The molecule has 7 heteroatoms. The van der Waals surface area contributed by atoms with E-state index < -0.39 is 10.0 Å². The number of sulfonamides is 1. The third-order valence-corrected chi connectivity index (χ3v) is 6.40. The van der Waals surface area contributed by atoms with Crippen LogP contribution in [-0.4, -0.2) is 54.8 Å². The van der Waals surface area contributed by atoms with Crippen LogP contribution in [0.2, 0.25) is 0 Å². The molecule has 2 heterocycles. The van der Waals surface area contributed by atoms with Crippen molar-refractivity contribution in [2.75, 3.05) is 26.2 Å². The summed E-state index contributed by atoms with van der Waals surface area (Å²) in [6.07, 6.45) is 6.35. The van der Waals surface area contributed by atoms with E-state index in [9.17, 15) is 13.2 Å². The smallest absolute Gasteiger partial charge is 0.247 e. The van der Waals surface area contributed by atoms with Crippen LogP contribution in [0.5, 0.6) is 0 Å². The molecule has 21 heavy (non-hydrogen) atoms. The van der Waals surface area contributed by atoms with Crippen LogP contribution in [0.15, 0.2) is 28.0 Å². The molecule has 0 bridgehead atoms. The Labute approximate surface area is 124 Å². The fraction of sp³-hybridized carbons (Fsp3) is 0.643. The molecule has 1 saturated carbocycles. The van der Waals surface area contributed by atoms with Gasteiger partial charge in [-0.05, 0) is 18.9 Å². The number of aromatic nitrogens is 1. The second kappa shape index (κ2) is 5.90. The van der Waals surface area contributed by atoms with Gasteiger partial charge in [0.2, 0.25) is 15.6 Å². The van der Waals surface area contributed by atoms with E-state index in [4.69, 9.17) is 0 Å². The minimum Gasteiger partial charge on any atom is -0.328 e. The first-order valence-corrected chi connectivity index (χ1v) is 8.94. The molecule has 1 aromatic rings.